The van der Waals surface area contributed by atoms with Gasteiger partial charge in [-0.05, 0) is 24.5 Å². The molecule has 82 valence electrons. The quantitative estimate of drug-likeness (QED) is 0.726. The first-order chi connectivity index (χ1) is 7.68. The predicted molar refractivity (Wildman–Crippen MR) is 68.5 cm³/mol. The van der Waals surface area contributed by atoms with E-state index in [9.17, 15) is 0 Å². The van der Waals surface area contributed by atoms with Crippen molar-refractivity contribution in [2.75, 3.05) is 0 Å². The van der Waals surface area contributed by atoms with Crippen LogP contribution in [0.1, 0.15) is 31.2 Å². The average Bonchev–Trinajstić information content (AvgIpc) is 2.30. The van der Waals surface area contributed by atoms with Crippen molar-refractivity contribution in [2.24, 2.45) is 0 Å². The van der Waals surface area contributed by atoms with Crippen molar-refractivity contribution >= 4 is 0 Å². The summed E-state index contributed by atoms with van der Waals surface area (Å²) < 4.78 is 0. The van der Waals surface area contributed by atoms with E-state index in [-0.39, 0.29) is 0 Å². The lowest BCUT2D eigenvalue weighted by Crippen LogP contribution is -1.96. The molecule has 0 atom stereocenters. The Morgan fingerprint density at radius 3 is 2.19 bits per heavy atom. The van der Waals surface area contributed by atoms with E-state index in [0.29, 0.717) is 5.92 Å². The molecule has 0 aliphatic heterocycles. The summed E-state index contributed by atoms with van der Waals surface area (Å²) in [5, 5.41) is 0. The van der Waals surface area contributed by atoms with Crippen LogP contribution in [0.3, 0.4) is 0 Å². The lowest BCUT2D eigenvalue weighted by Gasteiger charge is -2.09. The average molecular weight is 211 g/mol. The van der Waals surface area contributed by atoms with Gasteiger partial charge in [-0.2, -0.15) is 0 Å². The van der Waals surface area contributed by atoms with Gasteiger partial charge in [0.2, 0.25) is 0 Å². The van der Waals surface area contributed by atoms with Crippen LogP contribution in [-0.4, -0.2) is 4.98 Å². The highest BCUT2D eigenvalue weighted by molar-refractivity contribution is 5.65. The number of nitrogens with zero attached hydrogens (tertiary/aromatic N) is 1. The van der Waals surface area contributed by atoms with E-state index >= 15 is 0 Å². The van der Waals surface area contributed by atoms with Crippen LogP contribution in [0.15, 0.2) is 42.5 Å². The summed E-state index contributed by atoms with van der Waals surface area (Å²) in [6.07, 6.45) is 0. The summed E-state index contributed by atoms with van der Waals surface area (Å²) in [5.41, 5.74) is 4.74. The van der Waals surface area contributed by atoms with Crippen molar-refractivity contribution in [1.29, 1.82) is 0 Å². The van der Waals surface area contributed by atoms with Crippen molar-refractivity contribution in [3.8, 4) is 11.1 Å². The Labute approximate surface area is 97.2 Å². The highest BCUT2D eigenvalue weighted by atomic mass is 14.7. The molecular formula is C15H17N. The van der Waals surface area contributed by atoms with Gasteiger partial charge in [-0.3, -0.25) is 4.98 Å². The fraction of sp³-hybridized carbons (Fsp3) is 0.267. The van der Waals surface area contributed by atoms with Crippen LogP contribution in [0, 0.1) is 6.92 Å². The zero-order chi connectivity index (χ0) is 11.5. The molecule has 0 spiro atoms. The molecule has 0 bridgehead atoms. The SMILES string of the molecule is Cc1nc(C(C)C)ccc1-c1ccccc1. The summed E-state index contributed by atoms with van der Waals surface area (Å²) >= 11 is 0. The van der Waals surface area contributed by atoms with Crippen molar-refractivity contribution in [3.05, 3.63) is 53.9 Å². The molecule has 2 rings (SSSR count). The van der Waals surface area contributed by atoms with Gasteiger partial charge >= 0.3 is 0 Å². The fourth-order valence-corrected chi connectivity index (χ4v) is 1.82. The number of hydrogen-bond donors (Lipinski definition) is 0. The fourth-order valence-electron chi connectivity index (χ4n) is 1.82. The van der Waals surface area contributed by atoms with Crippen LogP contribution < -0.4 is 0 Å². The minimum absolute atomic E-state index is 0.489. The maximum absolute atomic E-state index is 4.65. The Hall–Kier alpha value is -1.63. The molecule has 0 amide bonds. The van der Waals surface area contributed by atoms with Crippen molar-refractivity contribution in [1.82, 2.24) is 4.98 Å². The standard InChI is InChI=1S/C15H17N/c1-11(2)15-10-9-14(12(3)16-15)13-7-5-4-6-8-13/h4-11H,1-3H3. The monoisotopic (exact) mass is 211 g/mol. The van der Waals surface area contributed by atoms with E-state index in [4.69, 9.17) is 0 Å². The third-order valence-electron chi connectivity index (χ3n) is 2.78. The maximum Gasteiger partial charge on any atom is 0.0454 e. The third kappa shape index (κ3) is 2.13. The van der Waals surface area contributed by atoms with E-state index in [0.717, 1.165) is 11.4 Å². The third-order valence-corrected chi connectivity index (χ3v) is 2.78. The van der Waals surface area contributed by atoms with Crippen molar-refractivity contribution in [2.45, 2.75) is 26.7 Å². The molecule has 0 N–H and O–H groups in total. The van der Waals surface area contributed by atoms with Crippen molar-refractivity contribution < 1.29 is 0 Å². The molecular weight excluding hydrogens is 194 g/mol. The van der Waals surface area contributed by atoms with Crippen LogP contribution in [0.4, 0.5) is 0 Å². The van der Waals surface area contributed by atoms with E-state index in [2.05, 4.69) is 62.2 Å². The largest absolute Gasteiger partial charge is 0.257 e. The van der Waals surface area contributed by atoms with Crippen LogP contribution in [0.5, 0.6) is 0 Å². The summed E-state index contributed by atoms with van der Waals surface area (Å²) in [7, 11) is 0. The second-order valence-electron chi connectivity index (χ2n) is 4.39. The molecule has 0 aliphatic carbocycles. The maximum atomic E-state index is 4.65. The number of benzene rings is 1. The minimum Gasteiger partial charge on any atom is -0.257 e. The molecule has 1 heterocycles. The summed E-state index contributed by atoms with van der Waals surface area (Å²) in [4.78, 5) is 4.65. The molecule has 0 radical (unpaired) electrons. The number of aromatic nitrogens is 1. The Morgan fingerprint density at radius 2 is 1.62 bits per heavy atom. The van der Waals surface area contributed by atoms with Crippen LogP contribution in [0.25, 0.3) is 11.1 Å². The molecule has 0 saturated heterocycles. The summed E-state index contributed by atoms with van der Waals surface area (Å²) in [6.45, 7) is 6.42. The number of hydrogen-bond acceptors (Lipinski definition) is 1. The van der Waals surface area contributed by atoms with Gasteiger partial charge in [0, 0.05) is 17.0 Å². The van der Waals surface area contributed by atoms with Crippen LogP contribution in [0.2, 0.25) is 0 Å². The molecule has 1 aromatic carbocycles. The predicted octanol–water partition coefficient (Wildman–Crippen LogP) is 4.18. The summed E-state index contributed by atoms with van der Waals surface area (Å²) in [5.74, 6) is 0.489. The molecule has 1 nitrogen and oxygen atoms in total. The highest BCUT2D eigenvalue weighted by Crippen LogP contribution is 2.23. The van der Waals surface area contributed by atoms with Crippen LogP contribution in [-0.2, 0) is 0 Å². The van der Waals surface area contributed by atoms with Gasteiger partial charge in [0.1, 0.15) is 0 Å². The second-order valence-corrected chi connectivity index (χ2v) is 4.39. The Morgan fingerprint density at radius 1 is 0.938 bits per heavy atom. The van der Waals surface area contributed by atoms with Gasteiger partial charge < -0.3 is 0 Å². The Kier molecular flexibility index (Phi) is 3.04. The zero-order valence-electron chi connectivity index (χ0n) is 10.1. The van der Waals surface area contributed by atoms with E-state index in [1.54, 1.807) is 0 Å². The second kappa shape index (κ2) is 4.48. The summed E-state index contributed by atoms with van der Waals surface area (Å²) in [6, 6.07) is 14.7. The topological polar surface area (TPSA) is 12.9 Å². The Balaban J connectivity index is 2.45. The first-order valence-electron chi connectivity index (χ1n) is 5.71. The molecule has 0 aliphatic rings. The molecule has 0 saturated carbocycles. The molecule has 0 unspecified atom stereocenters. The lowest BCUT2D eigenvalue weighted by atomic mass is 10.0. The van der Waals surface area contributed by atoms with Crippen LogP contribution >= 0.6 is 0 Å². The Bertz CT molecular complexity index is 472. The van der Waals surface area contributed by atoms with Gasteiger partial charge in [-0.25, -0.2) is 0 Å². The normalized spacial score (nSPS) is 10.8. The van der Waals surface area contributed by atoms with Gasteiger partial charge in [-0.15, -0.1) is 0 Å². The molecule has 0 fully saturated rings. The highest BCUT2D eigenvalue weighted by Gasteiger charge is 2.05. The van der Waals surface area contributed by atoms with E-state index in [1.807, 2.05) is 6.07 Å². The zero-order valence-corrected chi connectivity index (χ0v) is 10.1. The molecule has 16 heavy (non-hydrogen) atoms. The number of aryl methyl sites for hydroxylation is 1. The van der Waals surface area contributed by atoms with Gasteiger partial charge in [-0.1, -0.05) is 50.2 Å². The smallest absolute Gasteiger partial charge is 0.0454 e. The first kappa shape index (κ1) is 10.9. The van der Waals surface area contributed by atoms with E-state index < -0.39 is 0 Å². The van der Waals surface area contributed by atoms with Crippen molar-refractivity contribution in [3.63, 3.8) is 0 Å². The minimum atomic E-state index is 0.489. The lowest BCUT2D eigenvalue weighted by molar-refractivity contribution is 0.816. The first-order valence-corrected chi connectivity index (χ1v) is 5.71. The van der Waals surface area contributed by atoms with Gasteiger partial charge in [0.05, 0.1) is 0 Å². The van der Waals surface area contributed by atoms with E-state index in [1.165, 1.54) is 11.1 Å². The number of rotatable bonds is 2. The molecule has 1 heteroatoms. The number of pyridine rings is 1. The molecule has 2 aromatic rings. The van der Waals surface area contributed by atoms with Gasteiger partial charge in [0.15, 0.2) is 0 Å². The molecule has 1 aromatic heterocycles. The van der Waals surface area contributed by atoms with Gasteiger partial charge in [0.25, 0.3) is 0 Å².